The van der Waals surface area contributed by atoms with Crippen LogP contribution in [0.5, 0.6) is 0 Å². The Morgan fingerprint density at radius 3 is 2.30 bits per heavy atom. The van der Waals surface area contributed by atoms with E-state index in [1.54, 1.807) is 0 Å². The average molecular weight is 356 g/mol. The Bertz CT molecular complexity index is 501. The van der Waals surface area contributed by atoms with E-state index in [-0.39, 0.29) is 4.47 Å². The van der Waals surface area contributed by atoms with E-state index < -0.39 is 42.0 Å². The van der Waals surface area contributed by atoms with Crippen molar-refractivity contribution in [2.45, 2.75) is 18.6 Å². The summed E-state index contributed by atoms with van der Waals surface area (Å²) in [6.07, 6.45) is -4.69. The second kappa shape index (κ2) is 6.11. The summed E-state index contributed by atoms with van der Waals surface area (Å²) in [6.45, 7) is 0.108. The highest BCUT2D eigenvalue weighted by Crippen LogP contribution is 2.34. The molecule has 0 unspecified atom stereocenters. The first-order valence-corrected chi connectivity index (χ1v) is 6.33. The van der Waals surface area contributed by atoms with E-state index in [4.69, 9.17) is 10.2 Å². The predicted octanol–water partition coefficient (Wildman–Crippen LogP) is 1.94. The minimum atomic E-state index is -4.69. The van der Waals surface area contributed by atoms with Crippen LogP contribution in [0.3, 0.4) is 0 Å². The third-order valence-electron chi connectivity index (χ3n) is 2.64. The Kier molecular flexibility index (Phi) is 5.17. The molecule has 8 heteroatoms. The molecule has 1 aromatic rings. The van der Waals surface area contributed by atoms with Crippen LogP contribution >= 0.6 is 15.9 Å². The number of carbonyl (C=O) groups excluding carboxylic acids is 1. The summed E-state index contributed by atoms with van der Waals surface area (Å²) < 4.78 is 38.8. The van der Waals surface area contributed by atoms with Crippen LogP contribution in [0.1, 0.15) is 22.8 Å². The largest absolute Gasteiger partial charge is 0.417 e. The van der Waals surface area contributed by atoms with Crippen molar-refractivity contribution in [3.05, 3.63) is 33.8 Å². The van der Waals surface area contributed by atoms with Crippen molar-refractivity contribution >= 4 is 21.8 Å². The molecule has 1 aromatic carbocycles. The van der Waals surface area contributed by atoms with E-state index in [0.717, 1.165) is 12.1 Å². The summed E-state index contributed by atoms with van der Waals surface area (Å²) >= 11 is 2.91. The number of carbonyl (C=O) groups is 1. The molecule has 0 saturated carbocycles. The van der Waals surface area contributed by atoms with Gasteiger partial charge in [-0.2, -0.15) is 13.2 Å². The Hall–Kier alpha value is -1.12. The molecule has 0 aliphatic carbocycles. The Morgan fingerprint density at radius 1 is 1.30 bits per heavy atom. The maximum absolute atomic E-state index is 12.9. The van der Waals surface area contributed by atoms with Crippen molar-refractivity contribution in [1.29, 1.82) is 0 Å². The number of aliphatic hydroxyl groups is 2. The first-order chi connectivity index (χ1) is 9.13. The maximum atomic E-state index is 12.9. The fraction of sp³-hybridized carbons (Fsp3) is 0.417. The van der Waals surface area contributed by atoms with Gasteiger partial charge >= 0.3 is 6.18 Å². The summed E-state index contributed by atoms with van der Waals surface area (Å²) in [7, 11) is 0. The Balaban J connectivity index is 3.17. The molecular formula is C12H13BrF3NO3. The molecule has 0 aromatic heterocycles. The van der Waals surface area contributed by atoms with Crippen LogP contribution in [0, 0.1) is 0 Å². The molecule has 0 radical (unpaired) electrons. The number of halogens is 4. The second-order valence-electron chi connectivity index (χ2n) is 4.52. The fourth-order valence-corrected chi connectivity index (χ4v) is 1.78. The van der Waals surface area contributed by atoms with Crippen molar-refractivity contribution < 1.29 is 28.2 Å². The minimum absolute atomic E-state index is 0.188. The van der Waals surface area contributed by atoms with Gasteiger partial charge in [0, 0.05) is 4.47 Å². The standard InChI is InChI=1S/C12H13BrF3NO3/c1-11(5-18,6-19)17-10(20)8-3-2-7(13)4-9(8)12(14,15)16/h2-4,18-19H,5-6H2,1H3,(H,17,20). The van der Waals surface area contributed by atoms with Crippen LogP contribution in [-0.4, -0.2) is 34.9 Å². The lowest BCUT2D eigenvalue weighted by Crippen LogP contribution is -2.52. The first kappa shape index (κ1) is 16.9. The van der Waals surface area contributed by atoms with Crippen molar-refractivity contribution in [3.63, 3.8) is 0 Å². The van der Waals surface area contributed by atoms with Gasteiger partial charge < -0.3 is 15.5 Å². The number of benzene rings is 1. The normalized spacial score (nSPS) is 12.3. The third kappa shape index (κ3) is 3.94. The van der Waals surface area contributed by atoms with Crippen LogP contribution < -0.4 is 5.32 Å². The SMILES string of the molecule is CC(CO)(CO)NC(=O)c1ccc(Br)cc1C(F)(F)F. The van der Waals surface area contributed by atoms with E-state index in [2.05, 4.69) is 21.2 Å². The molecule has 0 bridgehead atoms. The maximum Gasteiger partial charge on any atom is 0.417 e. The van der Waals surface area contributed by atoms with E-state index in [0.29, 0.717) is 0 Å². The number of hydrogen-bond acceptors (Lipinski definition) is 3. The highest BCUT2D eigenvalue weighted by atomic mass is 79.9. The lowest BCUT2D eigenvalue weighted by atomic mass is 10.0. The number of rotatable bonds is 4. The lowest BCUT2D eigenvalue weighted by Gasteiger charge is -2.26. The number of amides is 1. The molecule has 0 heterocycles. The summed E-state index contributed by atoms with van der Waals surface area (Å²) in [5.74, 6) is -1.02. The molecule has 20 heavy (non-hydrogen) atoms. The molecule has 0 spiro atoms. The average Bonchev–Trinajstić information content (AvgIpc) is 2.37. The van der Waals surface area contributed by atoms with Crippen LogP contribution in [0.15, 0.2) is 22.7 Å². The fourth-order valence-electron chi connectivity index (χ4n) is 1.42. The van der Waals surface area contributed by atoms with Gasteiger partial charge in [0.25, 0.3) is 5.91 Å². The van der Waals surface area contributed by atoms with Crippen LogP contribution in [0.25, 0.3) is 0 Å². The molecule has 0 fully saturated rings. The van der Waals surface area contributed by atoms with E-state index in [9.17, 15) is 18.0 Å². The summed E-state index contributed by atoms with van der Waals surface area (Å²) in [4.78, 5) is 11.9. The third-order valence-corrected chi connectivity index (χ3v) is 3.14. The number of nitrogens with one attached hydrogen (secondary N) is 1. The van der Waals surface area contributed by atoms with E-state index in [1.165, 1.54) is 13.0 Å². The summed E-state index contributed by atoms with van der Waals surface area (Å²) in [6, 6.07) is 3.13. The predicted molar refractivity (Wildman–Crippen MR) is 69.2 cm³/mol. The van der Waals surface area contributed by atoms with Crippen molar-refractivity contribution in [2.24, 2.45) is 0 Å². The molecule has 1 rings (SSSR count). The Morgan fingerprint density at radius 2 is 1.85 bits per heavy atom. The molecule has 0 aliphatic heterocycles. The van der Waals surface area contributed by atoms with Gasteiger partial charge in [0.1, 0.15) is 0 Å². The minimum Gasteiger partial charge on any atom is -0.394 e. The van der Waals surface area contributed by atoms with Crippen LogP contribution in [0.4, 0.5) is 13.2 Å². The number of hydrogen-bond donors (Lipinski definition) is 3. The zero-order valence-corrected chi connectivity index (χ0v) is 12.0. The summed E-state index contributed by atoms with van der Waals surface area (Å²) in [5.41, 5.74) is -3.07. The van der Waals surface area contributed by atoms with E-state index >= 15 is 0 Å². The quantitative estimate of drug-likeness (QED) is 0.772. The zero-order valence-electron chi connectivity index (χ0n) is 10.5. The second-order valence-corrected chi connectivity index (χ2v) is 5.43. The molecule has 112 valence electrons. The van der Waals surface area contributed by atoms with Gasteiger partial charge in [0.05, 0.1) is 29.9 Å². The van der Waals surface area contributed by atoms with Gasteiger partial charge in [0.15, 0.2) is 0 Å². The van der Waals surface area contributed by atoms with Crippen LogP contribution in [0.2, 0.25) is 0 Å². The molecule has 1 amide bonds. The summed E-state index contributed by atoms with van der Waals surface area (Å²) in [5, 5.41) is 20.3. The molecule has 3 N–H and O–H groups in total. The van der Waals surface area contributed by atoms with E-state index in [1.807, 2.05) is 0 Å². The molecular weight excluding hydrogens is 343 g/mol. The lowest BCUT2D eigenvalue weighted by molar-refractivity contribution is -0.138. The molecule has 0 atom stereocenters. The highest BCUT2D eigenvalue weighted by molar-refractivity contribution is 9.10. The van der Waals surface area contributed by atoms with Gasteiger partial charge in [-0.1, -0.05) is 15.9 Å². The number of alkyl halides is 3. The molecule has 0 aliphatic rings. The smallest absolute Gasteiger partial charge is 0.394 e. The highest BCUT2D eigenvalue weighted by Gasteiger charge is 2.36. The van der Waals surface area contributed by atoms with Gasteiger partial charge in [-0.15, -0.1) is 0 Å². The van der Waals surface area contributed by atoms with Crippen molar-refractivity contribution in [2.75, 3.05) is 13.2 Å². The molecule has 4 nitrogen and oxygen atoms in total. The zero-order chi connectivity index (χ0) is 15.6. The van der Waals surface area contributed by atoms with Crippen molar-refractivity contribution in [1.82, 2.24) is 5.32 Å². The van der Waals surface area contributed by atoms with Crippen molar-refractivity contribution in [3.8, 4) is 0 Å². The van der Waals surface area contributed by atoms with Gasteiger partial charge in [-0.25, -0.2) is 0 Å². The van der Waals surface area contributed by atoms with Crippen LogP contribution in [-0.2, 0) is 6.18 Å². The Labute approximate surface area is 121 Å². The van der Waals surface area contributed by atoms with Gasteiger partial charge in [-0.3, -0.25) is 4.79 Å². The monoisotopic (exact) mass is 355 g/mol. The first-order valence-electron chi connectivity index (χ1n) is 5.54. The number of aliphatic hydroxyl groups excluding tert-OH is 2. The van der Waals surface area contributed by atoms with Gasteiger partial charge in [0.2, 0.25) is 0 Å². The topological polar surface area (TPSA) is 69.6 Å². The molecule has 0 saturated heterocycles. The van der Waals surface area contributed by atoms with Gasteiger partial charge in [-0.05, 0) is 25.1 Å².